The second-order valence-electron chi connectivity index (χ2n) is 4.59. The summed E-state index contributed by atoms with van der Waals surface area (Å²) in [5.41, 5.74) is -1.69. The van der Waals surface area contributed by atoms with Crippen molar-refractivity contribution in [1.29, 1.82) is 0 Å². The van der Waals surface area contributed by atoms with Crippen molar-refractivity contribution in [2.45, 2.75) is 6.18 Å². The van der Waals surface area contributed by atoms with Gasteiger partial charge in [-0.2, -0.15) is 18.3 Å². The van der Waals surface area contributed by atoms with Crippen LogP contribution in [0.4, 0.5) is 13.2 Å². The average molecular weight is 452 g/mol. The number of alkyl halides is 3. The number of methoxy groups -OCH3 is 1. The summed E-state index contributed by atoms with van der Waals surface area (Å²) in [5.74, 6) is -2.03. The number of esters is 1. The average Bonchev–Trinajstić information content (AvgIpc) is 2.90. The Kier molecular flexibility index (Phi) is 6.08. The van der Waals surface area contributed by atoms with Crippen molar-refractivity contribution < 1.29 is 32.6 Å². The van der Waals surface area contributed by atoms with E-state index in [2.05, 4.69) is 36.2 Å². The van der Waals surface area contributed by atoms with Gasteiger partial charge in [-0.25, -0.2) is 4.79 Å². The van der Waals surface area contributed by atoms with Gasteiger partial charge in [0.05, 0.1) is 28.3 Å². The highest BCUT2D eigenvalue weighted by Gasteiger charge is 2.34. The number of amides is 1. The van der Waals surface area contributed by atoms with E-state index in [1.807, 2.05) is 0 Å². The lowest BCUT2D eigenvalue weighted by Crippen LogP contribution is -2.19. The van der Waals surface area contributed by atoms with E-state index >= 15 is 0 Å². The van der Waals surface area contributed by atoms with Gasteiger partial charge in [-0.1, -0.05) is 0 Å². The lowest BCUT2D eigenvalue weighted by Gasteiger charge is -2.11. The number of hydrogen-bond donors (Lipinski definition) is 2. The van der Waals surface area contributed by atoms with Gasteiger partial charge in [-0.3, -0.25) is 10.1 Å². The molecule has 2 rings (SSSR count). The van der Waals surface area contributed by atoms with Crippen molar-refractivity contribution in [3.05, 3.63) is 38.7 Å². The maximum atomic E-state index is 13.0. The molecule has 1 saturated heterocycles. The Morgan fingerprint density at radius 3 is 2.73 bits per heavy atom. The van der Waals surface area contributed by atoms with Gasteiger partial charge in [0.15, 0.2) is 5.17 Å². The quantitative estimate of drug-likeness (QED) is 0.318. The standard InChI is InChI=1S/C14H9BrF3N3O4S/c1-25-10(22)4-9-12(24)20-13(26-9)21-19-5-6-7(14(16,17)18)2-3-8(15)11(6)23/h2-5,23H,1H3,(H,20,21,24)/b9-4+,19-5?. The molecule has 1 fully saturated rings. The molecule has 1 amide bonds. The van der Waals surface area contributed by atoms with Gasteiger partial charge in [0.25, 0.3) is 5.91 Å². The molecule has 1 heterocycles. The van der Waals surface area contributed by atoms with Crippen molar-refractivity contribution in [3.8, 4) is 5.75 Å². The maximum Gasteiger partial charge on any atom is 0.417 e. The number of benzene rings is 1. The second-order valence-corrected chi connectivity index (χ2v) is 6.48. The molecule has 138 valence electrons. The number of halogens is 4. The van der Waals surface area contributed by atoms with Crippen LogP contribution in [-0.4, -0.2) is 35.5 Å². The molecule has 0 saturated carbocycles. The lowest BCUT2D eigenvalue weighted by molar-refractivity contribution is -0.138. The van der Waals surface area contributed by atoms with E-state index in [4.69, 9.17) is 0 Å². The first kappa shape index (κ1) is 20.0. The van der Waals surface area contributed by atoms with Crippen LogP contribution in [0.3, 0.4) is 0 Å². The molecule has 12 heteroatoms. The third-order valence-electron chi connectivity index (χ3n) is 2.91. The maximum absolute atomic E-state index is 13.0. The van der Waals surface area contributed by atoms with Crippen LogP contribution >= 0.6 is 27.7 Å². The Balaban J connectivity index is 2.28. The first-order valence-electron chi connectivity index (χ1n) is 6.62. The van der Waals surface area contributed by atoms with Gasteiger partial charge in [0, 0.05) is 11.6 Å². The van der Waals surface area contributed by atoms with E-state index < -0.39 is 34.9 Å². The second kappa shape index (κ2) is 7.91. The molecule has 0 aliphatic carbocycles. The molecule has 0 spiro atoms. The van der Waals surface area contributed by atoms with Crippen molar-refractivity contribution in [1.82, 2.24) is 5.32 Å². The fourth-order valence-electron chi connectivity index (χ4n) is 1.74. The number of aromatic hydroxyl groups is 1. The van der Waals surface area contributed by atoms with Crippen LogP contribution in [0.1, 0.15) is 11.1 Å². The smallest absolute Gasteiger partial charge is 0.417 e. The Hall–Kier alpha value is -2.34. The third kappa shape index (κ3) is 4.64. The minimum atomic E-state index is -4.71. The number of amidine groups is 1. The number of phenolic OH excluding ortho intramolecular Hbond substituents is 1. The summed E-state index contributed by atoms with van der Waals surface area (Å²) in [7, 11) is 1.14. The van der Waals surface area contributed by atoms with E-state index in [-0.39, 0.29) is 14.5 Å². The third-order valence-corrected chi connectivity index (χ3v) is 4.45. The topological polar surface area (TPSA) is 100 Å². The summed E-state index contributed by atoms with van der Waals surface area (Å²) in [6.45, 7) is 0. The zero-order valence-corrected chi connectivity index (χ0v) is 15.2. The Morgan fingerprint density at radius 2 is 2.12 bits per heavy atom. The molecule has 1 aliphatic heterocycles. The molecule has 7 nitrogen and oxygen atoms in total. The number of hydrogen-bond acceptors (Lipinski definition) is 7. The molecule has 0 atom stereocenters. The van der Waals surface area contributed by atoms with Crippen molar-refractivity contribution >= 4 is 51.0 Å². The molecule has 1 aliphatic rings. The monoisotopic (exact) mass is 451 g/mol. The number of carbonyl (C=O) groups is 2. The molecular formula is C14H9BrF3N3O4S. The van der Waals surface area contributed by atoms with Crippen LogP contribution in [0, 0.1) is 0 Å². The van der Waals surface area contributed by atoms with Gasteiger partial charge in [0.1, 0.15) is 5.75 Å². The molecule has 26 heavy (non-hydrogen) atoms. The number of ether oxygens (including phenoxy) is 1. The van der Waals surface area contributed by atoms with Crippen molar-refractivity contribution in [2.24, 2.45) is 10.2 Å². The highest BCUT2D eigenvalue weighted by Crippen LogP contribution is 2.38. The highest BCUT2D eigenvalue weighted by molar-refractivity contribution is 9.10. The summed E-state index contributed by atoms with van der Waals surface area (Å²) >= 11 is 3.68. The summed E-state index contributed by atoms with van der Waals surface area (Å²) < 4.78 is 43.5. The van der Waals surface area contributed by atoms with E-state index in [1.165, 1.54) is 0 Å². The van der Waals surface area contributed by atoms with Gasteiger partial charge >= 0.3 is 12.1 Å². The van der Waals surface area contributed by atoms with Gasteiger partial charge in [-0.05, 0) is 39.8 Å². The van der Waals surface area contributed by atoms with Gasteiger partial charge in [-0.15, -0.1) is 5.10 Å². The van der Waals surface area contributed by atoms with Crippen LogP contribution in [0.15, 0.2) is 37.8 Å². The van der Waals surface area contributed by atoms with Gasteiger partial charge in [0.2, 0.25) is 0 Å². The molecule has 1 aromatic rings. The SMILES string of the molecule is COC(=O)/C=C1/S/C(=N\N=Cc2c(C(F)(F)F)ccc(Br)c2O)NC1=O. The van der Waals surface area contributed by atoms with Crippen molar-refractivity contribution in [2.75, 3.05) is 7.11 Å². The molecular weight excluding hydrogens is 443 g/mol. The zero-order valence-electron chi connectivity index (χ0n) is 12.8. The number of rotatable bonds is 3. The molecule has 0 bridgehead atoms. The zero-order chi connectivity index (χ0) is 19.5. The number of thioether (sulfide) groups is 1. The summed E-state index contributed by atoms with van der Waals surface area (Å²) in [4.78, 5) is 22.7. The fraction of sp³-hybridized carbons (Fsp3) is 0.143. The minimum Gasteiger partial charge on any atom is -0.506 e. The van der Waals surface area contributed by atoms with E-state index in [9.17, 15) is 27.9 Å². The number of nitrogens with one attached hydrogen (secondary N) is 1. The highest BCUT2D eigenvalue weighted by atomic mass is 79.9. The predicted molar refractivity (Wildman–Crippen MR) is 91.7 cm³/mol. The predicted octanol–water partition coefficient (Wildman–Crippen LogP) is 2.78. The minimum absolute atomic E-state index is 0.00733. The Labute approximate surface area is 157 Å². The normalized spacial score (nSPS) is 18.0. The Bertz CT molecular complexity index is 853. The van der Waals surface area contributed by atoms with Crippen LogP contribution in [0.2, 0.25) is 0 Å². The van der Waals surface area contributed by atoms with E-state index in [0.29, 0.717) is 6.21 Å². The van der Waals surface area contributed by atoms with Gasteiger partial charge < -0.3 is 9.84 Å². The van der Waals surface area contributed by atoms with Crippen molar-refractivity contribution in [3.63, 3.8) is 0 Å². The summed E-state index contributed by atoms with van der Waals surface area (Å²) in [6.07, 6.45) is -3.06. The molecule has 0 aromatic heterocycles. The van der Waals surface area contributed by atoms with Crippen LogP contribution in [0.25, 0.3) is 0 Å². The number of nitrogens with zero attached hydrogens (tertiary/aromatic N) is 2. The number of phenols is 1. The molecule has 0 radical (unpaired) electrons. The van der Waals surface area contributed by atoms with E-state index in [1.54, 1.807) is 0 Å². The van der Waals surface area contributed by atoms with E-state index in [0.717, 1.165) is 37.1 Å². The fourth-order valence-corrected chi connectivity index (χ4v) is 2.82. The first-order chi connectivity index (χ1) is 12.1. The number of carbonyl (C=O) groups excluding carboxylic acids is 2. The molecule has 2 N–H and O–H groups in total. The van der Waals surface area contributed by atoms with Crippen LogP contribution < -0.4 is 5.32 Å². The lowest BCUT2D eigenvalue weighted by atomic mass is 10.1. The van der Waals surface area contributed by atoms with Crippen LogP contribution in [0.5, 0.6) is 5.75 Å². The largest absolute Gasteiger partial charge is 0.506 e. The van der Waals surface area contributed by atoms with Crippen LogP contribution in [-0.2, 0) is 20.5 Å². The Morgan fingerprint density at radius 1 is 1.42 bits per heavy atom. The molecule has 1 aromatic carbocycles. The summed E-state index contributed by atoms with van der Waals surface area (Å²) in [6, 6.07) is 1.83. The summed E-state index contributed by atoms with van der Waals surface area (Å²) in [5, 5.41) is 19.1. The first-order valence-corrected chi connectivity index (χ1v) is 8.23. The molecule has 0 unspecified atom stereocenters.